The quantitative estimate of drug-likeness (QED) is 0.724. The van der Waals surface area contributed by atoms with Crippen LogP contribution in [0, 0.1) is 6.92 Å². The maximum Gasteiger partial charge on any atom is 0.0644 e. The van der Waals surface area contributed by atoms with Gasteiger partial charge in [-0.25, -0.2) is 0 Å². The lowest BCUT2D eigenvalue weighted by molar-refractivity contribution is 1.43. The highest BCUT2D eigenvalue weighted by molar-refractivity contribution is 9.10. The van der Waals surface area contributed by atoms with Crippen molar-refractivity contribution in [2.24, 2.45) is 0 Å². The van der Waals surface area contributed by atoms with E-state index in [2.05, 4.69) is 20.9 Å². The minimum atomic E-state index is 0.784. The monoisotopic (exact) mass is 243 g/mol. The average molecular weight is 245 g/mol. The molecule has 1 N–H and O–H groups in total. The van der Waals surface area contributed by atoms with Crippen molar-refractivity contribution in [3.05, 3.63) is 33.4 Å². The Morgan fingerprint density at radius 2 is 2.17 bits per heavy atom. The third-order valence-corrected chi connectivity index (χ3v) is 3.22. The zero-order valence-corrected chi connectivity index (χ0v) is 8.83. The van der Waals surface area contributed by atoms with Crippen molar-refractivity contribution in [1.82, 2.24) is 4.98 Å². The van der Waals surface area contributed by atoms with E-state index in [1.165, 1.54) is 5.56 Å². The number of benzene rings is 1. The van der Waals surface area contributed by atoms with E-state index in [0.29, 0.717) is 0 Å². The molecule has 62 valence electrons. The van der Waals surface area contributed by atoms with Crippen molar-refractivity contribution in [3.8, 4) is 0 Å². The summed E-state index contributed by atoms with van der Waals surface area (Å²) in [5.41, 5.74) is 2.26. The van der Waals surface area contributed by atoms with Crippen LogP contribution in [0.2, 0.25) is 5.02 Å². The largest absolute Gasteiger partial charge is 0.361 e. The Hall–Kier alpha value is -0.470. The molecule has 0 aliphatic rings. The second-order valence-corrected chi connectivity index (χ2v) is 3.99. The molecule has 0 fully saturated rings. The third kappa shape index (κ3) is 1.06. The van der Waals surface area contributed by atoms with E-state index < -0.39 is 0 Å². The van der Waals surface area contributed by atoms with E-state index >= 15 is 0 Å². The summed E-state index contributed by atoms with van der Waals surface area (Å²) in [6, 6.07) is 3.96. The highest BCUT2D eigenvalue weighted by Crippen LogP contribution is 2.32. The number of hydrogen-bond donors (Lipinski definition) is 1. The number of H-pyrrole nitrogens is 1. The van der Waals surface area contributed by atoms with Gasteiger partial charge in [0.2, 0.25) is 0 Å². The van der Waals surface area contributed by atoms with Gasteiger partial charge in [-0.3, -0.25) is 0 Å². The van der Waals surface area contributed by atoms with Crippen LogP contribution in [-0.4, -0.2) is 4.98 Å². The summed E-state index contributed by atoms with van der Waals surface area (Å²) < 4.78 is 0.944. The first kappa shape index (κ1) is 8.14. The molecule has 2 aromatic rings. The number of rotatable bonds is 0. The van der Waals surface area contributed by atoms with Gasteiger partial charge < -0.3 is 4.98 Å². The van der Waals surface area contributed by atoms with E-state index in [9.17, 15) is 0 Å². The maximum absolute atomic E-state index is 6.11. The lowest BCUT2D eigenvalue weighted by Crippen LogP contribution is -1.73. The number of aryl methyl sites for hydroxylation is 1. The summed E-state index contributed by atoms with van der Waals surface area (Å²) in [7, 11) is 0. The first-order valence-electron chi connectivity index (χ1n) is 3.62. The summed E-state index contributed by atoms with van der Waals surface area (Å²) in [4.78, 5) is 3.15. The first-order chi connectivity index (χ1) is 5.70. The van der Waals surface area contributed by atoms with Gasteiger partial charge in [0, 0.05) is 21.6 Å². The Kier molecular flexibility index (Phi) is 1.89. The van der Waals surface area contributed by atoms with Gasteiger partial charge in [0.05, 0.1) is 5.02 Å². The van der Waals surface area contributed by atoms with Crippen LogP contribution in [0.1, 0.15) is 5.56 Å². The number of aromatic nitrogens is 1. The number of hydrogen-bond acceptors (Lipinski definition) is 0. The number of fused-ring (bicyclic) bond motifs is 1. The van der Waals surface area contributed by atoms with Crippen LogP contribution in [-0.2, 0) is 0 Å². The smallest absolute Gasteiger partial charge is 0.0644 e. The number of nitrogens with one attached hydrogen (secondary N) is 1. The molecule has 3 heteroatoms. The molecule has 1 heterocycles. The molecule has 0 unspecified atom stereocenters. The first-order valence-corrected chi connectivity index (χ1v) is 4.79. The minimum Gasteiger partial charge on any atom is -0.361 e. The van der Waals surface area contributed by atoms with Crippen LogP contribution >= 0.6 is 27.5 Å². The molecule has 0 aliphatic heterocycles. The van der Waals surface area contributed by atoms with Crippen molar-refractivity contribution < 1.29 is 0 Å². The van der Waals surface area contributed by atoms with Gasteiger partial charge in [-0.1, -0.05) is 11.6 Å². The van der Waals surface area contributed by atoms with Gasteiger partial charge in [-0.2, -0.15) is 0 Å². The molecule has 0 atom stereocenters. The zero-order chi connectivity index (χ0) is 8.72. The van der Waals surface area contributed by atoms with Gasteiger partial charge >= 0.3 is 0 Å². The van der Waals surface area contributed by atoms with Crippen LogP contribution < -0.4 is 0 Å². The van der Waals surface area contributed by atoms with E-state index in [0.717, 1.165) is 20.4 Å². The van der Waals surface area contributed by atoms with Crippen molar-refractivity contribution in [1.29, 1.82) is 0 Å². The van der Waals surface area contributed by atoms with Crippen molar-refractivity contribution in [2.75, 3.05) is 0 Å². The Morgan fingerprint density at radius 3 is 2.92 bits per heavy atom. The molecule has 0 bridgehead atoms. The molecule has 0 amide bonds. The standard InChI is InChI=1S/C9H7BrClN/c1-5-4-12-7-3-2-6(10)9(11)8(5)7/h2-4,12H,1H3. The average Bonchev–Trinajstić information content (AvgIpc) is 2.41. The SMILES string of the molecule is Cc1c[nH]c2ccc(Br)c(Cl)c12. The van der Waals surface area contributed by atoms with Crippen LogP contribution in [0.3, 0.4) is 0 Å². The molecular weight excluding hydrogens is 237 g/mol. The van der Waals surface area contributed by atoms with E-state index in [4.69, 9.17) is 11.6 Å². The third-order valence-electron chi connectivity index (χ3n) is 1.93. The summed E-state index contributed by atoms with van der Waals surface area (Å²) in [6.45, 7) is 2.04. The van der Waals surface area contributed by atoms with Crippen LogP contribution in [0.15, 0.2) is 22.8 Å². The van der Waals surface area contributed by atoms with Crippen LogP contribution in [0.5, 0.6) is 0 Å². The van der Waals surface area contributed by atoms with E-state index in [1.54, 1.807) is 0 Å². The van der Waals surface area contributed by atoms with Crippen molar-refractivity contribution in [3.63, 3.8) is 0 Å². The summed E-state index contributed by atoms with van der Waals surface area (Å²) in [6.07, 6.45) is 1.96. The summed E-state index contributed by atoms with van der Waals surface area (Å²) in [5.74, 6) is 0. The van der Waals surface area contributed by atoms with E-state index in [1.807, 2.05) is 25.3 Å². The lowest BCUT2D eigenvalue weighted by atomic mass is 10.2. The van der Waals surface area contributed by atoms with E-state index in [-0.39, 0.29) is 0 Å². The van der Waals surface area contributed by atoms with Gasteiger partial charge in [0.25, 0.3) is 0 Å². The molecule has 1 aromatic heterocycles. The van der Waals surface area contributed by atoms with Gasteiger partial charge in [0.15, 0.2) is 0 Å². The highest BCUT2D eigenvalue weighted by atomic mass is 79.9. The molecule has 1 aromatic carbocycles. The highest BCUT2D eigenvalue weighted by Gasteiger charge is 2.06. The molecule has 12 heavy (non-hydrogen) atoms. The Bertz CT molecular complexity index is 433. The molecule has 0 radical (unpaired) electrons. The number of aromatic amines is 1. The maximum atomic E-state index is 6.11. The topological polar surface area (TPSA) is 15.8 Å². The number of halogens is 2. The molecule has 2 rings (SSSR count). The van der Waals surface area contributed by atoms with Crippen LogP contribution in [0.25, 0.3) is 10.9 Å². The Labute approximate surface area is 83.9 Å². The summed E-state index contributed by atoms with van der Waals surface area (Å²) >= 11 is 9.50. The zero-order valence-electron chi connectivity index (χ0n) is 6.49. The lowest BCUT2D eigenvalue weighted by Gasteiger charge is -1.98. The molecule has 0 saturated carbocycles. The molecule has 0 spiro atoms. The molecule has 0 saturated heterocycles. The van der Waals surface area contributed by atoms with Crippen LogP contribution in [0.4, 0.5) is 0 Å². The van der Waals surface area contributed by atoms with Gasteiger partial charge in [-0.15, -0.1) is 0 Å². The normalized spacial score (nSPS) is 10.9. The molecule has 1 nitrogen and oxygen atoms in total. The van der Waals surface area contributed by atoms with Gasteiger partial charge in [-0.05, 0) is 40.5 Å². The second kappa shape index (κ2) is 2.79. The fraction of sp³-hybridized carbons (Fsp3) is 0.111. The Morgan fingerprint density at radius 1 is 1.42 bits per heavy atom. The predicted molar refractivity (Wildman–Crippen MR) is 55.7 cm³/mol. The van der Waals surface area contributed by atoms with Gasteiger partial charge in [0.1, 0.15) is 0 Å². The van der Waals surface area contributed by atoms with Crippen molar-refractivity contribution >= 4 is 38.4 Å². The van der Waals surface area contributed by atoms with Crippen molar-refractivity contribution in [2.45, 2.75) is 6.92 Å². The predicted octanol–water partition coefficient (Wildman–Crippen LogP) is 3.89. The summed E-state index contributed by atoms with van der Waals surface area (Å²) in [5, 5.41) is 1.89. The molecule has 0 aliphatic carbocycles. The fourth-order valence-corrected chi connectivity index (χ4v) is 1.96. The fourth-order valence-electron chi connectivity index (χ4n) is 1.31. The Balaban J connectivity index is 2.96. The second-order valence-electron chi connectivity index (χ2n) is 2.76. The molecular formula is C9H7BrClN. The minimum absolute atomic E-state index is 0.784.